The van der Waals surface area contributed by atoms with Crippen LogP contribution in [-0.4, -0.2) is 46.1 Å². The van der Waals surface area contributed by atoms with Crippen LogP contribution in [-0.2, 0) is 14.4 Å². The topological polar surface area (TPSA) is 130 Å². The summed E-state index contributed by atoms with van der Waals surface area (Å²) in [5, 5.41) is 22.9. The van der Waals surface area contributed by atoms with E-state index in [1.165, 1.54) is 12.2 Å². The smallest absolute Gasteiger partial charge is 0.326 e. The first kappa shape index (κ1) is 24.0. The molecule has 0 saturated heterocycles. The fraction of sp³-hybridized carbons (Fsp3) is 0.667. The van der Waals surface area contributed by atoms with Crippen LogP contribution in [0.15, 0.2) is 23.3 Å². The monoisotopic (exact) mass is 394 g/mol. The molecule has 1 aliphatic carbocycles. The van der Waals surface area contributed by atoms with Crippen molar-refractivity contribution in [1.82, 2.24) is 5.32 Å². The molecule has 7 heteroatoms. The first-order chi connectivity index (χ1) is 12.9. The fourth-order valence-electron chi connectivity index (χ4n) is 3.70. The van der Waals surface area contributed by atoms with Crippen molar-refractivity contribution in [3.05, 3.63) is 23.3 Å². The van der Waals surface area contributed by atoms with Crippen LogP contribution in [0.5, 0.6) is 0 Å². The van der Waals surface area contributed by atoms with Crippen molar-refractivity contribution in [2.75, 3.05) is 6.54 Å². The van der Waals surface area contributed by atoms with Crippen LogP contribution in [0.1, 0.15) is 66.2 Å². The summed E-state index contributed by atoms with van der Waals surface area (Å²) >= 11 is 0. The van der Waals surface area contributed by atoms with Gasteiger partial charge in [-0.2, -0.15) is 0 Å². The maximum absolute atomic E-state index is 12.2. The van der Waals surface area contributed by atoms with Crippen molar-refractivity contribution in [3.8, 4) is 0 Å². The van der Waals surface area contributed by atoms with Crippen LogP contribution in [0, 0.1) is 5.41 Å². The molecule has 0 spiro atoms. The second-order valence-corrected chi connectivity index (χ2v) is 8.39. The highest BCUT2D eigenvalue weighted by molar-refractivity contribution is 5.93. The van der Waals surface area contributed by atoms with E-state index >= 15 is 0 Å². The summed E-state index contributed by atoms with van der Waals surface area (Å²) in [5.74, 6) is -1.52. The van der Waals surface area contributed by atoms with Gasteiger partial charge in [0.1, 0.15) is 6.04 Å². The van der Waals surface area contributed by atoms with Crippen molar-refractivity contribution < 1.29 is 24.6 Å². The first-order valence-electron chi connectivity index (χ1n) is 9.77. The van der Waals surface area contributed by atoms with E-state index in [1.54, 1.807) is 13.8 Å². The molecule has 0 aromatic rings. The molecule has 0 fully saturated rings. The summed E-state index contributed by atoms with van der Waals surface area (Å²) < 4.78 is 0. The average Bonchev–Trinajstić information content (AvgIpc) is 2.56. The van der Waals surface area contributed by atoms with E-state index in [0.717, 1.165) is 5.57 Å². The van der Waals surface area contributed by atoms with Gasteiger partial charge in [-0.1, -0.05) is 19.4 Å². The maximum Gasteiger partial charge on any atom is 0.326 e. The zero-order valence-corrected chi connectivity index (χ0v) is 17.4. The molecular formula is C21H34N2O5. The number of rotatable bonds is 10. The third-order valence-electron chi connectivity index (χ3n) is 5.59. The standard InChI is InChI=1S/C21H34N2O5/c1-14(11-18(25)23-17(19(26)27)7-5-6-10-22)8-9-21(28)15(2)12-16(24)13-20(21,3)4/h11-12,17,28H,5-10,13,22H2,1-4H3,(H,23,25)(H,26,27)/b14-11-/t17-,21+/m0/s1. The third kappa shape index (κ3) is 6.27. The predicted octanol–water partition coefficient (Wildman–Crippen LogP) is 2.09. The molecule has 158 valence electrons. The van der Waals surface area contributed by atoms with Gasteiger partial charge in [0.15, 0.2) is 5.78 Å². The number of amides is 1. The molecule has 1 amide bonds. The lowest BCUT2D eigenvalue weighted by atomic mass is 9.63. The Labute approximate surface area is 167 Å². The van der Waals surface area contributed by atoms with E-state index < -0.39 is 28.9 Å². The molecule has 1 rings (SSSR count). The van der Waals surface area contributed by atoms with Crippen LogP contribution in [0.3, 0.4) is 0 Å². The molecular weight excluding hydrogens is 360 g/mol. The number of unbranched alkanes of at least 4 members (excludes halogenated alkanes) is 1. The average molecular weight is 395 g/mol. The van der Waals surface area contributed by atoms with E-state index in [-0.39, 0.29) is 12.2 Å². The highest BCUT2D eigenvalue weighted by atomic mass is 16.4. The second-order valence-electron chi connectivity index (χ2n) is 8.39. The molecule has 5 N–H and O–H groups in total. The number of ketones is 1. The van der Waals surface area contributed by atoms with Gasteiger partial charge in [-0.25, -0.2) is 4.79 Å². The minimum absolute atomic E-state index is 0.00756. The van der Waals surface area contributed by atoms with Crippen LogP contribution < -0.4 is 11.1 Å². The summed E-state index contributed by atoms with van der Waals surface area (Å²) in [6, 6.07) is -0.944. The number of carbonyl (C=O) groups is 3. The maximum atomic E-state index is 12.2. The second kappa shape index (κ2) is 9.98. The number of allylic oxidation sites excluding steroid dienone is 2. The van der Waals surface area contributed by atoms with Gasteiger partial charge in [-0.15, -0.1) is 0 Å². The number of nitrogens with one attached hydrogen (secondary N) is 1. The van der Waals surface area contributed by atoms with Gasteiger partial charge >= 0.3 is 5.97 Å². The molecule has 1 aliphatic rings. The lowest BCUT2D eigenvalue weighted by Gasteiger charge is -2.46. The number of nitrogens with two attached hydrogens (primary N) is 1. The molecule has 28 heavy (non-hydrogen) atoms. The lowest BCUT2D eigenvalue weighted by Crippen LogP contribution is -2.49. The Balaban J connectivity index is 2.73. The van der Waals surface area contributed by atoms with Crippen LogP contribution in [0.25, 0.3) is 0 Å². The number of carbonyl (C=O) groups excluding carboxylic acids is 2. The molecule has 2 atom stereocenters. The van der Waals surface area contributed by atoms with E-state index in [0.29, 0.717) is 44.2 Å². The van der Waals surface area contributed by atoms with Crippen molar-refractivity contribution in [1.29, 1.82) is 0 Å². The summed E-state index contributed by atoms with van der Waals surface area (Å²) in [6.07, 6.45) is 5.64. The van der Waals surface area contributed by atoms with Crippen molar-refractivity contribution in [3.63, 3.8) is 0 Å². The number of aliphatic hydroxyl groups is 1. The Hall–Kier alpha value is -1.99. The highest BCUT2D eigenvalue weighted by Crippen LogP contribution is 2.46. The minimum atomic E-state index is -1.13. The van der Waals surface area contributed by atoms with Crippen LogP contribution in [0.2, 0.25) is 0 Å². The van der Waals surface area contributed by atoms with E-state index in [4.69, 9.17) is 5.73 Å². The Kier molecular flexibility index (Phi) is 8.57. The molecule has 7 nitrogen and oxygen atoms in total. The summed E-state index contributed by atoms with van der Waals surface area (Å²) in [6.45, 7) is 7.74. The Morgan fingerprint density at radius 2 is 2.00 bits per heavy atom. The van der Waals surface area contributed by atoms with Gasteiger partial charge in [0.25, 0.3) is 0 Å². The molecule has 0 unspecified atom stereocenters. The van der Waals surface area contributed by atoms with Crippen molar-refractivity contribution in [2.24, 2.45) is 11.1 Å². The largest absolute Gasteiger partial charge is 0.480 e. The van der Waals surface area contributed by atoms with Crippen LogP contribution in [0.4, 0.5) is 0 Å². The van der Waals surface area contributed by atoms with E-state index in [9.17, 15) is 24.6 Å². The van der Waals surface area contributed by atoms with Crippen molar-refractivity contribution in [2.45, 2.75) is 77.9 Å². The fourth-order valence-corrected chi connectivity index (χ4v) is 3.70. The van der Waals surface area contributed by atoms with Crippen molar-refractivity contribution >= 4 is 17.7 Å². The van der Waals surface area contributed by atoms with E-state index in [1.807, 2.05) is 13.8 Å². The SMILES string of the molecule is CC1=CC(=O)CC(C)(C)[C@@]1(O)CC/C(C)=C\C(=O)N[C@@H](CCCCN)C(=O)O. The van der Waals surface area contributed by atoms with Gasteiger partial charge in [-0.05, 0) is 64.1 Å². The highest BCUT2D eigenvalue weighted by Gasteiger charge is 2.47. The lowest BCUT2D eigenvalue weighted by molar-refractivity contribution is -0.141. The molecule has 0 aromatic heterocycles. The van der Waals surface area contributed by atoms with Gasteiger partial charge in [0.05, 0.1) is 5.60 Å². The molecule has 0 saturated carbocycles. The Morgan fingerprint density at radius 1 is 1.36 bits per heavy atom. The van der Waals surface area contributed by atoms with E-state index in [2.05, 4.69) is 5.32 Å². The van der Waals surface area contributed by atoms with Gasteiger partial charge < -0.3 is 21.3 Å². The third-order valence-corrected chi connectivity index (χ3v) is 5.59. The number of carboxylic acid groups (broad SMARTS) is 1. The summed E-state index contributed by atoms with van der Waals surface area (Å²) in [7, 11) is 0. The first-order valence-corrected chi connectivity index (χ1v) is 9.77. The molecule has 0 radical (unpaired) electrons. The number of carboxylic acids is 1. The molecule has 0 aliphatic heterocycles. The van der Waals surface area contributed by atoms with Gasteiger partial charge in [0.2, 0.25) is 5.91 Å². The Morgan fingerprint density at radius 3 is 2.54 bits per heavy atom. The number of aliphatic carboxylic acids is 1. The molecule has 0 heterocycles. The quantitative estimate of drug-likeness (QED) is 0.332. The summed E-state index contributed by atoms with van der Waals surface area (Å²) in [4.78, 5) is 35.3. The van der Waals surface area contributed by atoms with Crippen LogP contribution >= 0.6 is 0 Å². The Bertz CT molecular complexity index is 666. The van der Waals surface area contributed by atoms with Gasteiger partial charge in [0, 0.05) is 17.9 Å². The number of hydrogen-bond donors (Lipinski definition) is 4. The number of hydrogen-bond acceptors (Lipinski definition) is 5. The van der Waals surface area contributed by atoms with Gasteiger partial charge in [-0.3, -0.25) is 9.59 Å². The zero-order valence-electron chi connectivity index (χ0n) is 17.4. The summed E-state index contributed by atoms with van der Waals surface area (Å²) in [5.41, 5.74) is 5.06. The normalized spacial score (nSPS) is 23.1. The molecule has 0 aromatic carbocycles. The molecule has 0 bridgehead atoms. The zero-order chi connectivity index (χ0) is 21.5. The predicted molar refractivity (Wildman–Crippen MR) is 108 cm³/mol. The minimum Gasteiger partial charge on any atom is -0.480 e.